The summed E-state index contributed by atoms with van der Waals surface area (Å²) < 4.78 is 26.6. The van der Waals surface area contributed by atoms with E-state index in [0.717, 1.165) is 17.0 Å². The minimum atomic E-state index is -0.753. The van der Waals surface area contributed by atoms with Crippen LogP contribution < -0.4 is 5.32 Å². The van der Waals surface area contributed by atoms with Gasteiger partial charge in [-0.1, -0.05) is 0 Å². The molecule has 0 spiro atoms. The lowest BCUT2D eigenvalue weighted by molar-refractivity contribution is -0.125. The van der Waals surface area contributed by atoms with Gasteiger partial charge in [0.2, 0.25) is 11.8 Å². The molecule has 0 aliphatic carbocycles. The van der Waals surface area contributed by atoms with E-state index in [1.54, 1.807) is 0 Å². The van der Waals surface area contributed by atoms with Crippen molar-refractivity contribution < 1.29 is 23.2 Å². The second-order valence-corrected chi connectivity index (χ2v) is 6.17. The molecule has 1 aromatic rings. The number of hydrogen-bond donors (Lipinski definition) is 1. The zero-order valence-corrected chi connectivity index (χ0v) is 14.4. The number of nitrogens with zero attached hydrogens (tertiary/aromatic N) is 2. The predicted octanol–water partition coefficient (Wildman–Crippen LogP) is 2.18. The first-order valence-corrected chi connectivity index (χ1v) is 7.87. The smallest absolute Gasteiger partial charge is 0.326 e. The van der Waals surface area contributed by atoms with E-state index in [2.05, 4.69) is 5.32 Å². The molecule has 9 heteroatoms. The van der Waals surface area contributed by atoms with Crippen LogP contribution >= 0.6 is 22.6 Å². The highest BCUT2D eigenvalue weighted by Crippen LogP contribution is 2.20. The van der Waals surface area contributed by atoms with Gasteiger partial charge in [0.25, 0.3) is 0 Å². The van der Waals surface area contributed by atoms with E-state index in [1.165, 1.54) is 34.5 Å². The molecule has 1 fully saturated rings. The maximum atomic E-state index is 13.4. The van der Waals surface area contributed by atoms with Gasteiger partial charge in [0.05, 0.1) is 3.57 Å². The van der Waals surface area contributed by atoms with Gasteiger partial charge < -0.3 is 10.2 Å². The standard InChI is InChI=1S/C14H14F2IN3O3/c1-19-7-12(22)20(14(19)23)4-2-3-11(21)18-8-5-9(15)13(17)10(16)6-8/h5-6H,2-4,7H2,1H3,(H,18,21). The van der Waals surface area contributed by atoms with Crippen LogP contribution in [0.5, 0.6) is 0 Å². The zero-order valence-electron chi connectivity index (χ0n) is 12.2. The minimum Gasteiger partial charge on any atom is -0.326 e. The van der Waals surface area contributed by atoms with E-state index in [1.807, 2.05) is 0 Å². The molecule has 1 aliphatic heterocycles. The number of likely N-dealkylation sites (N-methyl/N-ethyl adjacent to an activating group) is 1. The van der Waals surface area contributed by atoms with Crippen molar-refractivity contribution in [2.75, 3.05) is 25.5 Å². The summed E-state index contributed by atoms with van der Waals surface area (Å²) in [5, 5.41) is 2.39. The first kappa shape index (κ1) is 17.6. The highest BCUT2D eigenvalue weighted by atomic mass is 127. The molecule has 4 amide bonds. The SMILES string of the molecule is CN1CC(=O)N(CCCC(=O)Nc2cc(F)c(I)c(F)c2)C1=O. The van der Waals surface area contributed by atoms with Gasteiger partial charge in [-0.15, -0.1) is 0 Å². The molecule has 1 N–H and O–H groups in total. The lowest BCUT2D eigenvalue weighted by Crippen LogP contribution is -2.32. The van der Waals surface area contributed by atoms with E-state index < -0.39 is 23.6 Å². The average Bonchev–Trinajstić information content (AvgIpc) is 2.71. The van der Waals surface area contributed by atoms with Crippen LogP contribution in [0, 0.1) is 15.2 Å². The summed E-state index contributed by atoms with van der Waals surface area (Å²) in [6.45, 7) is 0.164. The Kier molecular flexibility index (Phi) is 5.50. The molecule has 1 aliphatic rings. The molecule has 2 rings (SSSR count). The van der Waals surface area contributed by atoms with Crippen LogP contribution in [0.4, 0.5) is 19.3 Å². The summed E-state index contributed by atoms with van der Waals surface area (Å²) in [6.07, 6.45) is 0.294. The van der Waals surface area contributed by atoms with Gasteiger partial charge in [0.15, 0.2) is 0 Å². The monoisotopic (exact) mass is 437 g/mol. The van der Waals surface area contributed by atoms with Gasteiger partial charge in [-0.25, -0.2) is 13.6 Å². The van der Waals surface area contributed by atoms with Crippen molar-refractivity contribution in [1.82, 2.24) is 9.80 Å². The van der Waals surface area contributed by atoms with Crippen molar-refractivity contribution in [2.45, 2.75) is 12.8 Å². The summed E-state index contributed by atoms with van der Waals surface area (Å²) in [6, 6.07) is 1.67. The number of imide groups is 1. The van der Waals surface area contributed by atoms with Crippen molar-refractivity contribution >= 4 is 46.1 Å². The largest absolute Gasteiger partial charge is 0.326 e. The Balaban J connectivity index is 1.84. The first-order valence-electron chi connectivity index (χ1n) is 6.79. The predicted molar refractivity (Wildman–Crippen MR) is 86.7 cm³/mol. The average molecular weight is 437 g/mol. The summed E-state index contributed by atoms with van der Waals surface area (Å²) in [5.74, 6) is -2.26. The van der Waals surface area contributed by atoms with Crippen LogP contribution in [0.1, 0.15) is 12.8 Å². The Morgan fingerprint density at radius 3 is 2.43 bits per heavy atom. The Bertz CT molecular complexity index is 646. The van der Waals surface area contributed by atoms with E-state index >= 15 is 0 Å². The highest BCUT2D eigenvalue weighted by Gasteiger charge is 2.32. The van der Waals surface area contributed by atoms with E-state index in [-0.39, 0.29) is 41.1 Å². The number of carbonyl (C=O) groups excluding carboxylic acids is 3. The molecule has 0 bridgehead atoms. The fraction of sp³-hybridized carbons (Fsp3) is 0.357. The Labute approximate surface area is 144 Å². The highest BCUT2D eigenvalue weighted by molar-refractivity contribution is 14.1. The van der Waals surface area contributed by atoms with Crippen molar-refractivity contribution in [1.29, 1.82) is 0 Å². The molecular weight excluding hydrogens is 423 g/mol. The van der Waals surface area contributed by atoms with Crippen LogP contribution in [0.3, 0.4) is 0 Å². The van der Waals surface area contributed by atoms with Crippen molar-refractivity contribution in [3.05, 3.63) is 27.3 Å². The Morgan fingerprint density at radius 2 is 1.91 bits per heavy atom. The normalized spacial score (nSPS) is 14.6. The maximum Gasteiger partial charge on any atom is 0.326 e. The molecule has 6 nitrogen and oxygen atoms in total. The number of urea groups is 1. The minimum absolute atomic E-state index is 0.0238. The molecule has 1 aromatic carbocycles. The van der Waals surface area contributed by atoms with E-state index in [4.69, 9.17) is 0 Å². The van der Waals surface area contributed by atoms with Gasteiger partial charge in [-0.05, 0) is 41.1 Å². The number of halogens is 3. The molecular formula is C14H14F2IN3O3. The van der Waals surface area contributed by atoms with Crippen LogP contribution in [-0.4, -0.2) is 47.8 Å². The summed E-state index contributed by atoms with van der Waals surface area (Å²) in [5.41, 5.74) is 0.0264. The molecule has 0 radical (unpaired) electrons. The molecule has 1 saturated heterocycles. The maximum absolute atomic E-state index is 13.4. The van der Waals surface area contributed by atoms with Crippen molar-refractivity contribution in [2.24, 2.45) is 0 Å². The van der Waals surface area contributed by atoms with Crippen LogP contribution in [0.25, 0.3) is 0 Å². The molecule has 1 heterocycles. The molecule has 0 atom stereocenters. The third kappa shape index (κ3) is 4.15. The first-order chi connectivity index (χ1) is 10.8. The van der Waals surface area contributed by atoms with Crippen molar-refractivity contribution in [3.8, 4) is 0 Å². The van der Waals surface area contributed by atoms with Gasteiger partial charge in [-0.2, -0.15) is 0 Å². The molecule has 0 unspecified atom stereocenters. The van der Waals surface area contributed by atoms with E-state index in [0.29, 0.717) is 0 Å². The lowest BCUT2D eigenvalue weighted by Gasteiger charge is -2.13. The molecule has 0 aromatic heterocycles. The Hall–Kier alpha value is -1.78. The quantitative estimate of drug-likeness (QED) is 0.436. The van der Waals surface area contributed by atoms with Crippen LogP contribution in [0.2, 0.25) is 0 Å². The number of benzene rings is 1. The topological polar surface area (TPSA) is 69.7 Å². The van der Waals surface area contributed by atoms with Gasteiger partial charge in [0, 0.05) is 25.7 Å². The third-order valence-corrected chi connectivity index (χ3v) is 4.31. The van der Waals surface area contributed by atoms with Gasteiger partial charge in [0.1, 0.15) is 18.2 Å². The van der Waals surface area contributed by atoms with Gasteiger partial charge >= 0.3 is 6.03 Å². The second kappa shape index (κ2) is 7.20. The lowest BCUT2D eigenvalue weighted by atomic mass is 10.2. The van der Waals surface area contributed by atoms with Crippen LogP contribution in [0.15, 0.2) is 12.1 Å². The molecule has 23 heavy (non-hydrogen) atoms. The summed E-state index contributed by atoms with van der Waals surface area (Å²) >= 11 is 1.53. The van der Waals surface area contributed by atoms with Gasteiger partial charge in [-0.3, -0.25) is 14.5 Å². The van der Waals surface area contributed by atoms with Crippen molar-refractivity contribution in [3.63, 3.8) is 0 Å². The number of hydrogen-bond acceptors (Lipinski definition) is 3. The number of amides is 4. The number of carbonyl (C=O) groups is 3. The van der Waals surface area contributed by atoms with E-state index in [9.17, 15) is 23.2 Å². The summed E-state index contributed by atoms with van der Waals surface area (Å²) in [4.78, 5) is 37.3. The Morgan fingerprint density at radius 1 is 1.30 bits per heavy atom. The second-order valence-electron chi connectivity index (χ2n) is 5.09. The zero-order chi connectivity index (χ0) is 17.1. The number of anilines is 1. The third-order valence-electron chi connectivity index (χ3n) is 3.28. The number of nitrogens with one attached hydrogen (secondary N) is 1. The summed E-state index contributed by atoms with van der Waals surface area (Å²) in [7, 11) is 1.52. The fourth-order valence-corrected chi connectivity index (χ4v) is 2.45. The van der Waals surface area contributed by atoms with Crippen LogP contribution in [-0.2, 0) is 9.59 Å². The fourth-order valence-electron chi connectivity index (χ4n) is 2.14. The number of rotatable bonds is 5. The molecule has 0 saturated carbocycles. The molecule has 124 valence electrons.